The zero-order chi connectivity index (χ0) is 17.1. The quantitative estimate of drug-likeness (QED) is 0.519. The minimum absolute atomic E-state index is 0.515. The van der Waals surface area contributed by atoms with Crippen molar-refractivity contribution in [1.82, 2.24) is 19.8 Å². The van der Waals surface area contributed by atoms with Gasteiger partial charge in [0, 0.05) is 16.0 Å². The number of thiophene rings is 1. The van der Waals surface area contributed by atoms with E-state index in [2.05, 4.69) is 20.6 Å². The van der Waals surface area contributed by atoms with Crippen molar-refractivity contribution in [3.05, 3.63) is 58.2 Å². The van der Waals surface area contributed by atoms with Crippen molar-refractivity contribution in [2.75, 3.05) is 18.5 Å². The number of nitrogens with zero attached hydrogens (tertiary/aromatic N) is 4. The molecular weight excluding hydrogens is 358 g/mol. The highest BCUT2D eigenvalue weighted by molar-refractivity contribution is 7.08. The van der Waals surface area contributed by atoms with Crippen molar-refractivity contribution < 1.29 is 4.74 Å². The third kappa shape index (κ3) is 3.57. The lowest BCUT2D eigenvalue weighted by molar-refractivity contribution is 0.332. The number of ether oxygens (including phenoxy) is 1. The van der Waals surface area contributed by atoms with Crippen LogP contribution in [0.1, 0.15) is 0 Å². The third-order valence-electron chi connectivity index (χ3n) is 3.53. The molecule has 6 nitrogen and oxygen atoms in total. The van der Waals surface area contributed by atoms with Crippen LogP contribution < -0.4 is 10.1 Å². The normalized spacial score (nSPS) is 10.9. The molecule has 4 aromatic rings. The molecule has 0 fully saturated rings. The van der Waals surface area contributed by atoms with Crippen LogP contribution in [0.5, 0.6) is 5.75 Å². The Kier molecular flexibility index (Phi) is 4.49. The Balaban J connectivity index is 1.41. The van der Waals surface area contributed by atoms with Gasteiger partial charge in [0.25, 0.3) is 0 Å². The van der Waals surface area contributed by atoms with Crippen LogP contribution in [0.25, 0.3) is 17.0 Å². The first-order valence-corrected chi connectivity index (χ1v) is 8.99. The smallest absolute Gasteiger partial charge is 0.186 e. The first-order chi connectivity index (χ1) is 12.3. The van der Waals surface area contributed by atoms with Crippen LogP contribution in [0, 0.1) is 0 Å². The van der Waals surface area contributed by atoms with Crippen molar-refractivity contribution in [1.29, 1.82) is 0 Å². The maximum Gasteiger partial charge on any atom is 0.186 e. The van der Waals surface area contributed by atoms with Gasteiger partial charge in [0.15, 0.2) is 11.5 Å². The van der Waals surface area contributed by atoms with Crippen molar-refractivity contribution in [3.63, 3.8) is 0 Å². The molecule has 0 atom stereocenters. The number of hydrogen-bond donors (Lipinski definition) is 1. The first-order valence-electron chi connectivity index (χ1n) is 7.67. The van der Waals surface area contributed by atoms with E-state index < -0.39 is 0 Å². The van der Waals surface area contributed by atoms with Crippen molar-refractivity contribution >= 4 is 34.4 Å². The second-order valence-electron chi connectivity index (χ2n) is 5.25. The highest BCUT2D eigenvalue weighted by Crippen LogP contribution is 2.21. The molecule has 0 radical (unpaired) electrons. The van der Waals surface area contributed by atoms with E-state index in [4.69, 9.17) is 16.3 Å². The van der Waals surface area contributed by atoms with E-state index in [0.29, 0.717) is 23.8 Å². The average molecular weight is 372 g/mol. The summed E-state index contributed by atoms with van der Waals surface area (Å²) in [5.41, 5.74) is 1.72. The molecule has 0 unspecified atom stereocenters. The summed E-state index contributed by atoms with van der Waals surface area (Å²) in [6.45, 7) is 1.14. The first kappa shape index (κ1) is 15.9. The molecule has 25 heavy (non-hydrogen) atoms. The maximum absolute atomic E-state index is 5.85. The standard InChI is InChI=1S/C17H14ClN5OS/c18-13-1-3-14(4-2-13)24-9-8-19-15-5-6-16-20-21-17(23(16)22-15)12-7-10-25-11-12/h1-7,10-11H,8-9H2,(H,19,22). The molecule has 4 rings (SSSR count). The molecule has 3 heterocycles. The molecule has 0 amide bonds. The van der Waals surface area contributed by atoms with Gasteiger partial charge in [0.1, 0.15) is 18.2 Å². The summed E-state index contributed by atoms with van der Waals surface area (Å²) in [7, 11) is 0. The van der Waals surface area contributed by atoms with Crippen LogP contribution in [0.4, 0.5) is 5.82 Å². The molecule has 8 heteroatoms. The van der Waals surface area contributed by atoms with E-state index in [1.807, 2.05) is 41.1 Å². The Labute approximate surface area is 153 Å². The van der Waals surface area contributed by atoms with Gasteiger partial charge in [-0.25, -0.2) is 0 Å². The lowest BCUT2D eigenvalue weighted by Crippen LogP contribution is -2.13. The molecule has 0 aliphatic rings. The molecule has 1 N–H and O–H groups in total. The molecule has 0 aliphatic heterocycles. The molecule has 0 spiro atoms. The predicted molar refractivity (Wildman–Crippen MR) is 99.5 cm³/mol. The summed E-state index contributed by atoms with van der Waals surface area (Å²) in [6, 6.07) is 13.1. The molecular formula is C17H14ClN5OS. The highest BCUT2D eigenvalue weighted by atomic mass is 35.5. The molecule has 0 saturated carbocycles. The van der Waals surface area contributed by atoms with E-state index in [9.17, 15) is 0 Å². The highest BCUT2D eigenvalue weighted by Gasteiger charge is 2.10. The Hall–Kier alpha value is -2.64. The number of aromatic nitrogens is 4. The Morgan fingerprint density at radius 3 is 2.76 bits per heavy atom. The van der Waals surface area contributed by atoms with Gasteiger partial charge in [0.2, 0.25) is 0 Å². The number of fused-ring (bicyclic) bond motifs is 1. The summed E-state index contributed by atoms with van der Waals surface area (Å²) < 4.78 is 7.40. The zero-order valence-corrected chi connectivity index (χ0v) is 14.7. The van der Waals surface area contributed by atoms with E-state index in [1.165, 1.54) is 0 Å². The number of halogens is 1. The van der Waals surface area contributed by atoms with Gasteiger partial charge in [-0.15, -0.1) is 15.3 Å². The topological polar surface area (TPSA) is 64.3 Å². The predicted octanol–water partition coefficient (Wildman–Crippen LogP) is 4.00. The third-order valence-corrected chi connectivity index (χ3v) is 4.47. The van der Waals surface area contributed by atoms with E-state index in [1.54, 1.807) is 28.0 Å². The van der Waals surface area contributed by atoms with Crippen LogP contribution >= 0.6 is 22.9 Å². The van der Waals surface area contributed by atoms with Crippen LogP contribution in [0.3, 0.4) is 0 Å². The Bertz CT molecular complexity index is 969. The van der Waals surface area contributed by atoms with Gasteiger partial charge in [-0.1, -0.05) is 11.6 Å². The van der Waals surface area contributed by atoms with Crippen LogP contribution in [-0.2, 0) is 0 Å². The van der Waals surface area contributed by atoms with Gasteiger partial charge in [0.05, 0.1) is 6.54 Å². The lowest BCUT2D eigenvalue weighted by atomic mass is 10.3. The number of rotatable bonds is 6. The van der Waals surface area contributed by atoms with Crippen molar-refractivity contribution in [3.8, 4) is 17.1 Å². The number of benzene rings is 1. The van der Waals surface area contributed by atoms with Crippen LogP contribution in [0.2, 0.25) is 5.02 Å². The van der Waals surface area contributed by atoms with Gasteiger partial charge in [-0.2, -0.15) is 15.9 Å². The lowest BCUT2D eigenvalue weighted by Gasteiger charge is -2.08. The largest absolute Gasteiger partial charge is 0.492 e. The summed E-state index contributed by atoms with van der Waals surface area (Å²) >= 11 is 7.47. The Morgan fingerprint density at radius 1 is 1.08 bits per heavy atom. The van der Waals surface area contributed by atoms with E-state index in [-0.39, 0.29) is 0 Å². The van der Waals surface area contributed by atoms with Crippen molar-refractivity contribution in [2.24, 2.45) is 0 Å². The molecule has 0 saturated heterocycles. The molecule has 3 aromatic heterocycles. The summed E-state index contributed by atoms with van der Waals surface area (Å²) in [5, 5.41) is 20.9. The number of nitrogens with one attached hydrogen (secondary N) is 1. The molecule has 0 aliphatic carbocycles. The zero-order valence-electron chi connectivity index (χ0n) is 13.1. The van der Waals surface area contributed by atoms with Crippen LogP contribution in [0.15, 0.2) is 53.2 Å². The van der Waals surface area contributed by atoms with Crippen molar-refractivity contribution in [2.45, 2.75) is 0 Å². The monoisotopic (exact) mass is 371 g/mol. The van der Waals surface area contributed by atoms with Crippen LogP contribution in [-0.4, -0.2) is 33.0 Å². The molecule has 126 valence electrons. The van der Waals surface area contributed by atoms with Gasteiger partial charge < -0.3 is 10.1 Å². The summed E-state index contributed by atoms with van der Waals surface area (Å²) in [6.07, 6.45) is 0. The fraction of sp³-hybridized carbons (Fsp3) is 0.118. The van der Waals surface area contributed by atoms with E-state index in [0.717, 1.165) is 23.0 Å². The average Bonchev–Trinajstić information content (AvgIpc) is 3.29. The second-order valence-corrected chi connectivity index (χ2v) is 6.47. The molecule has 0 bridgehead atoms. The summed E-state index contributed by atoms with van der Waals surface area (Å²) in [4.78, 5) is 0. The fourth-order valence-electron chi connectivity index (χ4n) is 2.33. The summed E-state index contributed by atoms with van der Waals surface area (Å²) in [5.74, 6) is 2.26. The number of anilines is 1. The van der Waals surface area contributed by atoms with Gasteiger partial charge >= 0.3 is 0 Å². The second kappa shape index (κ2) is 7.08. The number of hydrogen-bond acceptors (Lipinski definition) is 6. The Morgan fingerprint density at radius 2 is 1.96 bits per heavy atom. The SMILES string of the molecule is Clc1ccc(OCCNc2ccc3nnc(-c4ccsc4)n3n2)cc1. The van der Waals surface area contributed by atoms with Gasteiger partial charge in [-0.3, -0.25) is 0 Å². The minimum Gasteiger partial charge on any atom is -0.492 e. The van der Waals surface area contributed by atoms with E-state index >= 15 is 0 Å². The molecule has 1 aromatic carbocycles. The fourth-order valence-corrected chi connectivity index (χ4v) is 3.09. The van der Waals surface area contributed by atoms with Gasteiger partial charge in [-0.05, 0) is 47.8 Å². The maximum atomic E-state index is 5.85. The minimum atomic E-state index is 0.515.